The van der Waals surface area contributed by atoms with Crippen LogP contribution >= 0.6 is 22.6 Å². The van der Waals surface area contributed by atoms with E-state index in [1.165, 1.54) is 16.4 Å². The van der Waals surface area contributed by atoms with E-state index in [0.29, 0.717) is 22.1 Å². The molecule has 0 fully saturated rings. The van der Waals surface area contributed by atoms with Crippen molar-refractivity contribution in [2.75, 3.05) is 12.8 Å². The molecule has 0 saturated carbocycles. The second-order valence-corrected chi connectivity index (χ2v) is 9.91. The SMILES string of the molecule is CS(=O)(=O)N1CCCc2c([nH]c3ccccc23)C1c1c(F)cc(I)cc1F. The lowest BCUT2D eigenvalue weighted by atomic mass is 9.98. The number of fused-ring (bicyclic) bond motifs is 3. The van der Waals surface area contributed by atoms with Gasteiger partial charge in [-0.05, 0) is 59.2 Å². The van der Waals surface area contributed by atoms with Gasteiger partial charge in [-0.3, -0.25) is 0 Å². The van der Waals surface area contributed by atoms with Crippen molar-refractivity contribution < 1.29 is 17.2 Å². The normalized spacial score (nSPS) is 18.4. The first kappa shape index (κ1) is 18.8. The third kappa shape index (κ3) is 3.27. The predicted molar refractivity (Wildman–Crippen MR) is 109 cm³/mol. The van der Waals surface area contributed by atoms with Crippen LogP contribution in [-0.4, -0.2) is 30.5 Å². The molecule has 3 aromatic rings. The van der Waals surface area contributed by atoms with E-state index in [2.05, 4.69) is 4.98 Å². The fourth-order valence-corrected chi connectivity index (χ4v) is 5.47. The summed E-state index contributed by atoms with van der Waals surface area (Å²) in [7, 11) is -3.69. The van der Waals surface area contributed by atoms with Crippen molar-refractivity contribution in [1.29, 1.82) is 0 Å². The third-order valence-electron chi connectivity index (χ3n) is 4.96. The number of halogens is 3. The number of aromatic nitrogens is 1. The highest BCUT2D eigenvalue weighted by Crippen LogP contribution is 2.40. The molecule has 4 nitrogen and oxygen atoms in total. The molecule has 1 unspecified atom stereocenters. The van der Waals surface area contributed by atoms with Gasteiger partial charge in [0.05, 0.1) is 12.3 Å². The molecular weight excluding hydrogens is 485 g/mol. The van der Waals surface area contributed by atoms with Crippen LogP contribution in [0.3, 0.4) is 0 Å². The van der Waals surface area contributed by atoms with E-state index in [-0.39, 0.29) is 12.1 Å². The molecule has 142 valence electrons. The minimum Gasteiger partial charge on any atom is -0.357 e. The molecule has 0 bridgehead atoms. The van der Waals surface area contributed by atoms with Gasteiger partial charge in [0, 0.05) is 32.3 Å². The van der Waals surface area contributed by atoms with Crippen molar-refractivity contribution >= 4 is 43.5 Å². The first-order chi connectivity index (χ1) is 12.8. The molecule has 0 spiro atoms. The van der Waals surface area contributed by atoms with E-state index >= 15 is 0 Å². The van der Waals surface area contributed by atoms with Crippen LogP contribution in [0.15, 0.2) is 36.4 Å². The summed E-state index contributed by atoms with van der Waals surface area (Å²) in [5.41, 5.74) is 2.04. The Morgan fingerprint density at radius 2 is 1.85 bits per heavy atom. The third-order valence-corrected chi connectivity index (χ3v) is 6.82. The van der Waals surface area contributed by atoms with E-state index in [1.807, 2.05) is 46.9 Å². The number of nitrogens with zero attached hydrogens (tertiary/aromatic N) is 1. The van der Waals surface area contributed by atoms with Gasteiger partial charge in [-0.1, -0.05) is 18.2 Å². The first-order valence-electron chi connectivity index (χ1n) is 8.48. The van der Waals surface area contributed by atoms with Crippen molar-refractivity contribution in [3.8, 4) is 0 Å². The van der Waals surface area contributed by atoms with Crippen LogP contribution < -0.4 is 0 Å². The minimum atomic E-state index is -3.69. The maximum atomic E-state index is 14.9. The smallest absolute Gasteiger partial charge is 0.212 e. The maximum Gasteiger partial charge on any atom is 0.212 e. The molecule has 8 heteroatoms. The summed E-state index contributed by atoms with van der Waals surface area (Å²) >= 11 is 1.84. The second kappa shape index (κ2) is 6.82. The van der Waals surface area contributed by atoms with Gasteiger partial charge in [-0.15, -0.1) is 0 Å². The number of H-pyrrole nitrogens is 1. The number of aryl methyl sites for hydroxylation is 1. The molecule has 1 aliphatic heterocycles. The van der Waals surface area contributed by atoms with Crippen LogP contribution in [0.4, 0.5) is 8.78 Å². The Labute approximate surface area is 169 Å². The second-order valence-electron chi connectivity index (χ2n) is 6.73. The van der Waals surface area contributed by atoms with Gasteiger partial charge in [0.25, 0.3) is 0 Å². The molecule has 2 aromatic carbocycles. The molecule has 0 aliphatic carbocycles. The van der Waals surface area contributed by atoms with Crippen LogP contribution in [0, 0.1) is 15.2 Å². The molecule has 1 aliphatic rings. The van der Waals surface area contributed by atoms with E-state index < -0.39 is 27.7 Å². The summed E-state index contributed by atoms with van der Waals surface area (Å²) in [4.78, 5) is 3.23. The molecule has 2 heterocycles. The van der Waals surface area contributed by atoms with Gasteiger partial charge in [-0.25, -0.2) is 17.2 Å². The largest absolute Gasteiger partial charge is 0.357 e. The summed E-state index contributed by atoms with van der Waals surface area (Å²) in [5, 5.41) is 0.958. The monoisotopic (exact) mass is 502 g/mol. The van der Waals surface area contributed by atoms with Gasteiger partial charge in [-0.2, -0.15) is 4.31 Å². The Hall–Kier alpha value is -1.52. The van der Waals surface area contributed by atoms with Crippen LogP contribution in [0.25, 0.3) is 10.9 Å². The van der Waals surface area contributed by atoms with E-state index in [1.54, 1.807) is 0 Å². The average molecular weight is 502 g/mol. The highest BCUT2D eigenvalue weighted by Gasteiger charge is 2.38. The Bertz CT molecular complexity index is 1120. The molecule has 1 aromatic heterocycles. The fourth-order valence-electron chi connectivity index (χ4n) is 3.87. The van der Waals surface area contributed by atoms with Gasteiger partial charge in [0.1, 0.15) is 11.6 Å². The minimum absolute atomic E-state index is 0.200. The molecule has 0 saturated heterocycles. The molecule has 0 radical (unpaired) electrons. The Morgan fingerprint density at radius 3 is 2.52 bits per heavy atom. The molecule has 0 amide bonds. The summed E-state index contributed by atoms with van der Waals surface area (Å²) < 4.78 is 56.3. The van der Waals surface area contributed by atoms with Gasteiger partial charge in [0.2, 0.25) is 10.0 Å². The lowest BCUT2D eigenvalue weighted by Crippen LogP contribution is -2.36. The highest BCUT2D eigenvalue weighted by molar-refractivity contribution is 14.1. The van der Waals surface area contributed by atoms with E-state index in [4.69, 9.17) is 0 Å². The zero-order chi connectivity index (χ0) is 19.3. The molecule has 27 heavy (non-hydrogen) atoms. The van der Waals surface area contributed by atoms with Gasteiger partial charge < -0.3 is 4.98 Å². The van der Waals surface area contributed by atoms with Gasteiger partial charge in [0.15, 0.2) is 0 Å². The lowest BCUT2D eigenvalue weighted by molar-refractivity contribution is 0.347. The quantitative estimate of drug-likeness (QED) is 0.530. The first-order valence-corrected chi connectivity index (χ1v) is 11.4. The van der Waals surface area contributed by atoms with Crippen LogP contribution in [0.2, 0.25) is 0 Å². The number of para-hydroxylation sites is 1. The number of hydrogen-bond acceptors (Lipinski definition) is 2. The van der Waals surface area contributed by atoms with Crippen molar-refractivity contribution in [3.05, 3.63) is 68.4 Å². The number of rotatable bonds is 2. The van der Waals surface area contributed by atoms with E-state index in [0.717, 1.165) is 22.7 Å². The summed E-state index contributed by atoms with van der Waals surface area (Å²) in [6, 6.07) is 8.98. The Morgan fingerprint density at radius 1 is 1.19 bits per heavy atom. The number of aromatic amines is 1. The van der Waals surface area contributed by atoms with E-state index in [9.17, 15) is 17.2 Å². The Kier molecular flexibility index (Phi) is 4.76. The zero-order valence-electron chi connectivity index (χ0n) is 14.5. The number of benzene rings is 2. The summed E-state index contributed by atoms with van der Waals surface area (Å²) in [6.45, 7) is 0.200. The Balaban J connectivity index is 2.06. The standard InChI is InChI=1S/C19H17F2IN2O2S/c1-27(25,26)24-8-4-6-13-12-5-2-3-7-16(12)23-18(13)19(24)17-14(20)9-11(22)10-15(17)21/h2-3,5,7,9-10,19,23H,4,6,8H2,1H3. The van der Waals surface area contributed by atoms with Gasteiger partial charge >= 0.3 is 0 Å². The summed E-state index contributed by atoms with van der Waals surface area (Å²) in [6.07, 6.45) is 2.29. The van der Waals surface area contributed by atoms with Crippen molar-refractivity contribution in [2.45, 2.75) is 18.9 Å². The lowest BCUT2D eigenvalue weighted by Gasteiger charge is -2.29. The summed E-state index contributed by atoms with van der Waals surface area (Å²) in [5.74, 6) is -1.49. The molecule has 1 atom stereocenters. The van der Waals surface area contributed by atoms with Crippen molar-refractivity contribution in [2.24, 2.45) is 0 Å². The number of hydrogen-bond donors (Lipinski definition) is 1. The number of sulfonamides is 1. The highest BCUT2D eigenvalue weighted by atomic mass is 127. The molecule has 4 rings (SSSR count). The zero-order valence-corrected chi connectivity index (χ0v) is 17.4. The van der Waals surface area contributed by atoms with Crippen LogP contribution in [0.1, 0.15) is 29.3 Å². The van der Waals surface area contributed by atoms with Crippen molar-refractivity contribution in [3.63, 3.8) is 0 Å². The number of nitrogens with one attached hydrogen (secondary N) is 1. The van der Waals surface area contributed by atoms with Crippen LogP contribution in [-0.2, 0) is 16.4 Å². The predicted octanol–water partition coefficient (Wildman–Crippen LogP) is 4.35. The maximum absolute atomic E-state index is 14.9. The fraction of sp³-hybridized carbons (Fsp3) is 0.263. The topological polar surface area (TPSA) is 53.2 Å². The molecular formula is C19H17F2IN2O2S. The average Bonchev–Trinajstić information content (AvgIpc) is 2.82. The van der Waals surface area contributed by atoms with Crippen LogP contribution in [0.5, 0.6) is 0 Å². The van der Waals surface area contributed by atoms with Crippen molar-refractivity contribution in [1.82, 2.24) is 9.29 Å². The molecule has 1 N–H and O–H groups in total.